The van der Waals surface area contributed by atoms with E-state index in [1.165, 1.54) is 19.4 Å². The number of alkyl carbamates (subject to hydrolysis) is 1. The van der Waals surface area contributed by atoms with Crippen molar-refractivity contribution >= 4 is 18.1 Å². The van der Waals surface area contributed by atoms with Gasteiger partial charge < -0.3 is 13.9 Å². The molecule has 6 nitrogen and oxygen atoms in total. The van der Waals surface area contributed by atoms with Crippen LogP contribution >= 0.6 is 0 Å². The summed E-state index contributed by atoms with van der Waals surface area (Å²) in [6, 6.07) is 3.30. The van der Waals surface area contributed by atoms with E-state index in [4.69, 9.17) is 9.15 Å². The summed E-state index contributed by atoms with van der Waals surface area (Å²) in [5, 5.41) is 2.33. The molecule has 19 heavy (non-hydrogen) atoms. The molecule has 0 unspecified atom stereocenters. The van der Waals surface area contributed by atoms with Gasteiger partial charge in [-0.3, -0.25) is 5.32 Å². The lowest BCUT2D eigenvalue weighted by atomic mass is 10.2. The molecule has 0 fully saturated rings. The van der Waals surface area contributed by atoms with Crippen LogP contribution in [0.4, 0.5) is 4.79 Å². The van der Waals surface area contributed by atoms with Gasteiger partial charge in [0, 0.05) is 6.08 Å². The molecule has 1 N–H and O–H groups in total. The van der Waals surface area contributed by atoms with Crippen molar-refractivity contribution < 1.29 is 23.5 Å². The first-order chi connectivity index (χ1) is 8.81. The van der Waals surface area contributed by atoms with Crippen molar-refractivity contribution in [3.63, 3.8) is 0 Å². The molecule has 0 radical (unpaired) electrons. The maximum atomic E-state index is 11.6. The lowest BCUT2D eigenvalue weighted by Crippen LogP contribution is -2.34. The Morgan fingerprint density at radius 3 is 2.53 bits per heavy atom. The summed E-state index contributed by atoms with van der Waals surface area (Å²) in [6.07, 6.45) is 2.07. The highest BCUT2D eigenvalue weighted by Gasteiger charge is 2.20. The van der Waals surface area contributed by atoms with Crippen LogP contribution in [-0.2, 0) is 14.3 Å². The molecule has 104 valence electrons. The number of carbonyl (C=O) groups excluding carboxylic acids is 2. The first-order valence-corrected chi connectivity index (χ1v) is 5.65. The van der Waals surface area contributed by atoms with E-state index in [9.17, 15) is 9.59 Å². The van der Waals surface area contributed by atoms with Crippen molar-refractivity contribution in [3.8, 4) is 0 Å². The van der Waals surface area contributed by atoms with Crippen LogP contribution in [0.3, 0.4) is 0 Å². The Balaban J connectivity index is 2.82. The molecule has 0 bridgehead atoms. The largest absolute Gasteiger partial charge is 0.465 e. The van der Waals surface area contributed by atoms with Crippen LogP contribution in [0.25, 0.3) is 6.08 Å². The van der Waals surface area contributed by atoms with Gasteiger partial charge in [0.25, 0.3) is 0 Å². The SMILES string of the molecule is COC(=O)/C(=C\c1ccco1)NC(=O)OC(C)(C)C. The normalized spacial score (nSPS) is 11.9. The summed E-state index contributed by atoms with van der Waals surface area (Å²) in [7, 11) is 1.22. The van der Waals surface area contributed by atoms with Gasteiger partial charge in [-0.25, -0.2) is 9.59 Å². The number of hydrogen-bond donors (Lipinski definition) is 1. The van der Waals surface area contributed by atoms with Gasteiger partial charge in [0.05, 0.1) is 13.4 Å². The van der Waals surface area contributed by atoms with Crippen LogP contribution in [0, 0.1) is 0 Å². The van der Waals surface area contributed by atoms with E-state index in [0.29, 0.717) is 5.76 Å². The Morgan fingerprint density at radius 1 is 1.37 bits per heavy atom. The Labute approximate surface area is 111 Å². The zero-order valence-corrected chi connectivity index (χ0v) is 11.4. The third-order valence-electron chi connectivity index (χ3n) is 1.87. The molecule has 6 heteroatoms. The van der Waals surface area contributed by atoms with Gasteiger partial charge >= 0.3 is 12.1 Å². The van der Waals surface area contributed by atoms with E-state index in [2.05, 4.69) is 10.1 Å². The molecule has 1 amide bonds. The molecule has 1 aromatic rings. The summed E-state index contributed by atoms with van der Waals surface area (Å²) in [6.45, 7) is 5.17. The number of hydrogen-bond acceptors (Lipinski definition) is 5. The maximum absolute atomic E-state index is 11.6. The molecular weight excluding hydrogens is 250 g/mol. The number of ether oxygens (including phenoxy) is 2. The van der Waals surface area contributed by atoms with Crippen molar-refractivity contribution in [3.05, 3.63) is 29.9 Å². The number of furan rings is 1. The fraction of sp³-hybridized carbons (Fsp3) is 0.385. The summed E-state index contributed by atoms with van der Waals surface area (Å²) in [4.78, 5) is 23.1. The maximum Gasteiger partial charge on any atom is 0.412 e. The Kier molecular flexibility index (Phi) is 4.74. The minimum atomic E-state index is -0.740. The zero-order chi connectivity index (χ0) is 14.5. The standard InChI is InChI=1S/C13H17NO5/c1-13(2,3)19-12(16)14-10(11(15)17-4)8-9-6-5-7-18-9/h5-8H,1-4H3,(H,14,16)/b10-8+. The minimum Gasteiger partial charge on any atom is -0.465 e. The van der Waals surface area contributed by atoms with E-state index in [1.807, 2.05) is 0 Å². The first-order valence-electron chi connectivity index (χ1n) is 5.65. The third-order valence-corrected chi connectivity index (χ3v) is 1.87. The Bertz CT molecular complexity index is 468. The second-order valence-corrected chi connectivity index (χ2v) is 4.69. The predicted octanol–water partition coefficient (Wildman–Crippen LogP) is 2.32. The van der Waals surface area contributed by atoms with Crippen molar-refractivity contribution in [2.24, 2.45) is 0 Å². The molecule has 0 aromatic carbocycles. The number of methoxy groups -OCH3 is 1. The second kappa shape index (κ2) is 6.08. The molecule has 0 aliphatic carbocycles. The molecule has 0 saturated carbocycles. The Morgan fingerprint density at radius 2 is 2.05 bits per heavy atom. The average molecular weight is 267 g/mol. The Hall–Kier alpha value is -2.24. The summed E-state index contributed by atoms with van der Waals surface area (Å²) >= 11 is 0. The van der Waals surface area contributed by atoms with Gasteiger partial charge in [0.1, 0.15) is 17.1 Å². The summed E-state index contributed by atoms with van der Waals surface area (Å²) in [5.74, 6) is -0.279. The fourth-order valence-electron chi connectivity index (χ4n) is 1.19. The highest BCUT2D eigenvalue weighted by molar-refractivity contribution is 5.96. The van der Waals surface area contributed by atoms with Gasteiger partial charge in [0.2, 0.25) is 0 Å². The molecule has 0 aliphatic rings. The predicted molar refractivity (Wildman–Crippen MR) is 68.1 cm³/mol. The number of nitrogens with one attached hydrogen (secondary N) is 1. The second-order valence-electron chi connectivity index (χ2n) is 4.69. The fourth-order valence-corrected chi connectivity index (χ4v) is 1.19. The molecule has 0 saturated heterocycles. The third kappa shape index (κ3) is 5.29. The summed E-state index contributed by atoms with van der Waals surface area (Å²) in [5.41, 5.74) is -0.720. The van der Waals surface area contributed by atoms with Crippen LogP contribution in [0.2, 0.25) is 0 Å². The molecule has 0 spiro atoms. The molecule has 1 rings (SSSR count). The van der Waals surface area contributed by atoms with Gasteiger partial charge in [0.15, 0.2) is 0 Å². The molecule has 0 atom stereocenters. The molecule has 1 aromatic heterocycles. The lowest BCUT2D eigenvalue weighted by Gasteiger charge is -2.19. The summed E-state index contributed by atoms with van der Waals surface area (Å²) < 4.78 is 14.7. The number of carbonyl (C=O) groups is 2. The van der Waals surface area contributed by atoms with Crippen molar-refractivity contribution in [2.75, 3.05) is 7.11 Å². The van der Waals surface area contributed by atoms with E-state index >= 15 is 0 Å². The van der Waals surface area contributed by atoms with E-state index in [1.54, 1.807) is 32.9 Å². The van der Waals surface area contributed by atoms with Gasteiger partial charge in [-0.05, 0) is 32.9 Å². The zero-order valence-electron chi connectivity index (χ0n) is 11.4. The lowest BCUT2D eigenvalue weighted by molar-refractivity contribution is -0.136. The van der Waals surface area contributed by atoms with Crippen molar-refractivity contribution in [2.45, 2.75) is 26.4 Å². The van der Waals surface area contributed by atoms with Gasteiger partial charge in [-0.15, -0.1) is 0 Å². The van der Waals surface area contributed by atoms with E-state index in [-0.39, 0.29) is 5.70 Å². The van der Waals surface area contributed by atoms with Crippen LogP contribution in [-0.4, -0.2) is 24.8 Å². The van der Waals surface area contributed by atoms with E-state index in [0.717, 1.165) is 0 Å². The number of rotatable bonds is 3. The smallest absolute Gasteiger partial charge is 0.412 e. The minimum absolute atomic E-state index is 0.0632. The van der Waals surface area contributed by atoms with E-state index < -0.39 is 17.7 Å². The quantitative estimate of drug-likeness (QED) is 0.671. The van der Waals surface area contributed by atoms with Crippen LogP contribution in [0.15, 0.2) is 28.5 Å². The van der Waals surface area contributed by atoms with Crippen LogP contribution < -0.4 is 5.32 Å². The number of esters is 1. The average Bonchev–Trinajstić information content (AvgIpc) is 2.77. The van der Waals surface area contributed by atoms with Crippen molar-refractivity contribution in [1.82, 2.24) is 5.32 Å². The van der Waals surface area contributed by atoms with Gasteiger partial charge in [-0.2, -0.15) is 0 Å². The molecule has 0 aliphatic heterocycles. The number of amides is 1. The highest BCUT2D eigenvalue weighted by Crippen LogP contribution is 2.10. The molecule has 1 heterocycles. The highest BCUT2D eigenvalue weighted by atomic mass is 16.6. The van der Waals surface area contributed by atoms with Gasteiger partial charge in [-0.1, -0.05) is 0 Å². The first kappa shape index (κ1) is 14.8. The monoisotopic (exact) mass is 267 g/mol. The topological polar surface area (TPSA) is 77.8 Å². The van der Waals surface area contributed by atoms with Crippen molar-refractivity contribution in [1.29, 1.82) is 0 Å². The van der Waals surface area contributed by atoms with Crippen LogP contribution in [0.1, 0.15) is 26.5 Å². The molecular formula is C13H17NO5. The van der Waals surface area contributed by atoms with Crippen LogP contribution in [0.5, 0.6) is 0 Å².